The number of rotatable bonds is 10. The normalized spacial score (nSPS) is 14.1. The SMILES string of the molecule is CC[C@@H](C)N(CC(=O)N1CCN(c2ccc(-c3ccc(OC)c(OC)c3)nn2)CC1)C(=O)Cc1ccccc1. The van der Waals surface area contributed by atoms with E-state index < -0.39 is 0 Å². The second kappa shape index (κ2) is 13.1. The van der Waals surface area contributed by atoms with Crippen molar-refractivity contribution in [3.63, 3.8) is 0 Å². The van der Waals surface area contributed by atoms with Crippen LogP contribution in [0.15, 0.2) is 60.7 Å². The minimum atomic E-state index is -0.0220. The number of benzene rings is 2. The molecule has 3 aromatic rings. The molecule has 1 aliphatic heterocycles. The lowest BCUT2D eigenvalue weighted by Gasteiger charge is -2.37. The quantitative estimate of drug-likeness (QED) is 0.394. The van der Waals surface area contributed by atoms with Crippen molar-refractivity contribution in [1.82, 2.24) is 20.0 Å². The molecule has 9 heteroatoms. The van der Waals surface area contributed by atoms with E-state index in [1.165, 1.54) is 0 Å². The molecule has 0 bridgehead atoms. The molecular formula is C30H37N5O4. The predicted octanol–water partition coefficient (Wildman–Crippen LogP) is 3.68. The Bertz CT molecular complexity index is 1240. The third-order valence-corrected chi connectivity index (χ3v) is 7.23. The molecule has 0 unspecified atom stereocenters. The molecule has 4 rings (SSSR count). The molecule has 2 heterocycles. The highest BCUT2D eigenvalue weighted by atomic mass is 16.5. The monoisotopic (exact) mass is 531 g/mol. The van der Waals surface area contributed by atoms with Gasteiger partial charge < -0.3 is 24.2 Å². The molecule has 2 amide bonds. The van der Waals surface area contributed by atoms with Crippen molar-refractivity contribution in [2.24, 2.45) is 0 Å². The fourth-order valence-electron chi connectivity index (χ4n) is 4.66. The van der Waals surface area contributed by atoms with Crippen LogP contribution < -0.4 is 14.4 Å². The van der Waals surface area contributed by atoms with Crippen molar-refractivity contribution < 1.29 is 19.1 Å². The van der Waals surface area contributed by atoms with Gasteiger partial charge in [0, 0.05) is 37.8 Å². The summed E-state index contributed by atoms with van der Waals surface area (Å²) < 4.78 is 10.7. The Morgan fingerprint density at radius 2 is 1.64 bits per heavy atom. The smallest absolute Gasteiger partial charge is 0.242 e. The predicted molar refractivity (Wildman–Crippen MR) is 151 cm³/mol. The first-order valence-corrected chi connectivity index (χ1v) is 13.4. The molecule has 0 radical (unpaired) electrons. The zero-order valence-electron chi connectivity index (χ0n) is 23.2. The summed E-state index contributed by atoms with van der Waals surface area (Å²) in [5, 5.41) is 8.86. The van der Waals surface area contributed by atoms with E-state index in [-0.39, 0.29) is 24.4 Å². The number of hydrogen-bond donors (Lipinski definition) is 0. The minimum Gasteiger partial charge on any atom is -0.493 e. The first-order chi connectivity index (χ1) is 18.9. The van der Waals surface area contributed by atoms with E-state index in [2.05, 4.69) is 15.1 Å². The van der Waals surface area contributed by atoms with Crippen molar-refractivity contribution in [2.75, 3.05) is 51.8 Å². The maximum absolute atomic E-state index is 13.2. The lowest BCUT2D eigenvalue weighted by Crippen LogP contribution is -2.53. The van der Waals surface area contributed by atoms with Crippen LogP contribution in [0.4, 0.5) is 5.82 Å². The summed E-state index contributed by atoms with van der Waals surface area (Å²) >= 11 is 0. The zero-order valence-corrected chi connectivity index (χ0v) is 23.2. The summed E-state index contributed by atoms with van der Waals surface area (Å²) in [6.45, 7) is 6.57. The fraction of sp³-hybridized carbons (Fsp3) is 0.400. The Morgan fingerprint density at radius 3 is 2.26 bits per heavy atom. The van der Waals surface area contributed by atoms with Crippen molar-refractivity contribution >= 4 is 17.6 Å². The number of carbonyl (C=O) groups is 2. The number of ether oxygens (including phenoxy) is 2. The molecule has 0 saturated carbocycles. The van der Waals surface area contributed by atoms with Gasteiger partial charge in [-0.25, -0.2) is 0 Å². The van der Waals surface area contributed by atoms with E-state index in [9.17, 15) is 9.59 Å². The number of carbonyl (C=O) groups excluding carboxylic acids is 2. The maximum Gasteiger partial charge on any atom is 0.242 e. The van der Waals surface area contributed by atoms with E-state index >= 15 is 0 Å². The van der Waals surface area contributed by atoms with Crippen molar-refractivity contribution in [3.05, 3.63) is 66.2 Å². The van der Waals surface area contributed by atoms with E-state index in [0.29, 0.717) is 44.1 Å². The fourth-order valence-corrected chi connectivity index (χ4v) is 4.66. The zero-order chi connectivity index (χ0) is 27.8. The number of amides is 2. The van der Waals surface area contributed by atoms with Gasteiger partial charge in [0.25, 0.3) is 0 Å². The molecule has 0 spiro atoms. The standard InChI is InChI=1S/C30H37N5O4/c1-5-22(2)35(29(36)19-23-9-7-6-8-10-23)21-30(37)34-17-15-33(16-18-34)28-14-12-25(31-32-28)24-11-13-26(38-3)27(20-24)39-4/h6-14,20,22H,5,15-19,21H2,1-4H3/t22-/m1/s1. The molecule has 0 aliphatic carbocycles. The maximum atomic E-state index is 13.2. The van der Waals surface area contributed by atoms with Crippen molar-refractivity contribution in [3.8, 4) is 22.8 Å². The number of hydrogen-bond acceptors (Lipinski definition) is 7. The average Bonchev–Trinajstić information content (AvgIpc) is 2.99. The van der Waals surface area contributed by atoms with Gasteiger partial charge in [-0.05, 0) is 49.2 Å². The molecule has 1 saturated heterocycles. The first-order valence-electron chi connectivity index (χ1n) is 13.4. The Balaban J connectivity index is 1.34. The van der Waals surface area contributed by atoms with Crippen molar-refractivity contribution in [2.45, 2.75) is 32.7 Å². The van der Waals surface area contributed by atoms with Gasteiger partial charge in [-0.1, -0.05) is 37.3 Å². The Morgan fingerprint density at radius 1 is 0.923 bits per heavy atom. The minimum absolute atomic E-state index is 0.00842. The number of methoxy groups -OCH3 is 2. The van der Waals surface area contributed by atoms with Crippen LogP contribution in [0.2, 0.25) is 0 Å². The molecule has 1 aliphatic rings. The van der Waals surface area contributed by atoms with Crippen LogP contribution in [0.25, 0.3) is 11.3 Å². The van der Waals surface area contributed by atoms with Crippen LogP contribution in [0.1, 0.15) is 25.8 Å². The van der Waals surface area contributed by atoms with Crippen LogP contribution in [-0.4, -0.2) is 84.8 Å². The molecule has 0 N–H and O–H groups in total. The van der Waals surface area contributed by atoms with Gasteiger partial charge in [-0.15, -0.1) is 10.2 Å². The summed E-state index contributed by atoms with van der Waals surface area (Å²) in [4.78, 5) is 32.0. The summed E-state index contributed by atoms with van der Waals surface area (Å²) in [5.74, 6) is 2.02. The van der Waals surface area contributed by atoms with Crippen LogP contribution in [0, 0.1) is 0 Å². The molecule has 1 aromatic heterocycles. The highest BCUT2D eigenvalue weighted by molar-refractivity contribution is 5.86. The number of nitrogens with zero attached hydrogens (tertiary/aromatic N) is 5. The largest absolute Gasteiger partial charge is 0.493 e. The second-order valence-electron chi connectivity index (χ2n) is 9.66. The van der Waals surface area contributed by atoms with E-state index in [1.54, 1.807) is 19.1 Å². The molecule has 2 aromatic carbocycles. The van der Waals surface area contributed by atoms with Gasteiger partial charge in [-0.2, -0.15) is 0 Å². The van der Waals surface area contributed by atoms with E-state index in [1.807, 2.05) is 79.4 Å². The van der Waals surface area contributed by atoms with Gasteiger partial charge in [0.15, 0.2) is 17.3 Å². The Kier molecular flexibility index (Phi) is 9.35. The average molecular weight is 532 g/mol. The number of anilines is 1. The second-order valence-corrected chi connectivity index (χ2v) is 9.66. The molecule has 206 valence electrons. The summed E-state index contributed by atoms with van der Waals surface area (Å²) in [7, 11) is 3.21. The Hall–Kier alpha value is -4.14. The molecule has 1 atom stereocenters. The van der Waals surface area contributed by atoms with Crippen LogP contribution in [-0.2, 0) is 16.0 Å². The summed E-state index contributed by atoms with van der Waals surface area (Å²) in [6, 6.07) is 19.2. The Labute approximate surface area is 230 Å². The van der Waals surface area contributed by atoms with E-state index in [0.717, 1.165) is 29.1 Å². The van der Waals surface area contributed by atoms with Gasteiger partial charge in [0.1, 0.15) is 6.54 Å². The van der Waals surface area contributed by atoms with Crippen LogP contribution >= 0.6 is 0 Å². The third kappa shape index (κ3) is 6.85. The van der Waals surface area contributed by atoms with Crippen LogP contribution in [0.5, 0.6) is 11.5 Å². The molecular weight excluding hydrogens is 494 g/mol. The van der Waals surface area contributed by atoms with Crippen molar-refractivity contribution in [1.29, 1.82) is 0 Å². The molecule has 39 heavy (non-hydrogen) atoms. The van der Waals surface area contributed by atoms with Gasteiger partial charge in [0.2, 0.25) is 11.8 Å². The molecule has 9 nitrogen and oxygen atoms in total. The topological polar surface area (TPSA) is 88.1 Å². The van der Waals surface area contributed by atoms with E-state index in [4.69, 9.17) is 9.47 Å². The summed E-state index contributed by atoms with van der Waals surface area (Å²) in [6.07, 6.45) is 1.09. The highest BCUT2D eigenvalue weighted by Crippen LogP contribution is 2.31. The lowest BCUT2D eigenvalue weighted by atomic mass is 10.1. The molecule has 1 fully saturated rings. The van der Waals surface area contributed by atoms with Gasteiger partial charge >= 0.3 is 0 Å². The van der Waals surface area contributed by atoms with Gasteiger partial charge in [-0.3, -0.25) is 9.59 Å². The number of piperazine rings is 1. The highest BCUT2D eigenvalue weighted by Gasteiger charge is 2.27. The third-order valence-electron chi connectivity index (χ3n) is 7.23. The van der Waals surface area contributed by atoms with Gasteiger partial charge in [0.05, 0.1) is 26.3 Å². The van der Waals surface area contributed by atoms with Crippen LogP contribution in [0.3, 0.4) is 0 Å². The lowest BCUT2D eigenvalue weighted by molar-refractivity contribution is -0.142. The summed E-state index contributed by atoms with van der Waals surface area (Å²) in [5.41, 5.74) is 2.57. The number of aromatic nitrogens is 2. The first kappa shape index (κ1) is 27.9.